The Morgan fingerprint density at radius 1 is 0.970 bits per heavy atom. The summed E-state index contributed by atoms with van der Waals surface area (Å²) in [5, 5.41) is 0. The van der Waals surface area contributed by atoms with Gasteiger partial charge in [-0.05, 0) is 86.8 Å². The van der Waals surface area contributed by atoms with Crippen molar-refractivity contribution in [2.24, 2.45) is 0 Å². The van der Waals surface area contributed by atoms with Crippen LogP contribution < -0.4 is 5.44 Å². The largest absolute Gasteiger partial charge is 0.444 e. The van der Waals surface area contributed by atoms with Crippen molar-refractivity contribution >= 4 is 19.1 Å². The molecule has 1 amide bonds. The lowest BCUT2D eigenvalue weighted by Gasteiger charge is -2.46. The van der Waals surface area contributed by atoms with E-state index in [1.165, 1.54) is 0 Å². The number of aromatic nitrogens is 1. The topological polar surface area (TPSA) is 78.0 Å². The van der Waals surface area contributed by atoms with E-state index in [-0.39, 0.29) is 6.09 Å². The average Bonchev–Trinajstić information content (AvgIpc) is 2.61. The molecule has 0 bridgehead atoms. The summed E-state index contributed by atoms with van der Waals surface area (Å²) in [5.41, 5.74) is -0.316. The van der Waals surface area contributed by atoms with Crippen LogP contribution in [0.1, 0.15) is 100 Å². The van der Waals surface area contributed by atoms with Gasteiger partial charge >= 0.3 is 13.7 Å². The van der Waals surface area contributed by atoms with Gasteiger partial charge in [0, 0.05) is 12.1 Å². The molecule has 1 aliphatic heterocycles. The third-order valence-electron chi connectivity index (χ3n) is 5.45. The maximum atomic E-state index is 14.0. The van der Waals surface area contributed by atoms with Gasteiger partial charge in [0.25, 0.3) is 0 Å². The van der Waals surface area contributed by atoms with Gasteiger partial charge < -0.3 is 4.74 Å². The SMILES string of the molecule is CCC1(CC)Cc2nc(P(=O)(OC(C)(C)C)OC(C)(C)C)ccc2CN1C(=O)OC(C)(C)C. The Bertz CT molecular complexity index is 885. The zero-order valence-electron chi connectivity index (χ0n) is 22.4. The first-order valence-electron chi connectivity index (χ1n) is 11.8. The third kappa shape index (κ3) is 7.03. The summed E-state index contributed by atoms with van der Waals surface area (Å²) in [7, 11) is -3.70. The molecule has 0 N–H and O–H groups in total. The first kappa shape index (κ1) is 27.8. The number of carbonyl (C=O) groups excluding carboxylic acids is 1. The number of nitrogens with zero attached hydrogens (tertiary/aromatic N) is 2. The molecule has 0 aliphatic carbocycles. The zero-order valence-corrected chi connectivity index (χ0v) is 23.3. The second-order valence-electron chi connectivity index (χ2n) is 11.9. The molecule has 188 valence electrons. The predicted molar refractivity (Wildman–Crippen MR) is 132 cm³/mol. The van der Waals surface area contributed by atoms with Gasteiger partial charge in [-0.25, -0.2) is 9.78 Å². The number of fused-ring (bicyclic) bond motifs is 1. The van der Waals surface area contributed by atoms with Crippen molar-refractivity contribution in [1.29, 1.82) is 0 Å². The van der Waals surface area contributed by atoms with Gasteiger partial charge in [0.2, 0.25) is 0 Å². The van der Waals surface area contributed by atoms with Crippen molar-refractivity contribution in [1.82, 2.24) is 9.88 Å². The fraction of sp³-hybridized carbons (Fsp3) is 0.760. The monoisotopic (exact) mass is 482 g/mol. The highest BCUT2D eigenvalue weighted by atomic mass is 31.2. The van der Waals surface area contributed by atoms with E-state index in [2.05, 4.69) is 13.8 Å². The van der Waals surface area contributed by atoms with Gasteiger partial charge in [0.1, 0.15) is 5.60 Å². The fourth-order valence-electron chi connectivity index (χ4n) is 4.00. The molecule has 7 nitrogen and oxygen atoms in total. The van der Waals surface area contributed by atoms with Crippen LogP contribution in [-0.4, -0.2) is 38.3 Å². The second kappa shape index (κ2) is 9.31. The molecule has 0 radical (unpaired) electrons. The minimum Gasteiger partial charge on any atom is -0.444 e. The molecule has 2 heterocycles. The highest BCUT2D eigenvalue weighted by molar-refractivity contribution is 7.62. The number of carbonyl (C=O) groups is 1. The first-order valence-corrected chi connectivity index (χ1v) is 13.4. The number of ether oxygens (including phenoxy) is 1. The molecule has 1 aromatic rings. The van der Waals surface area contributed by atoms with E-state index < -0.39 is 29.9 Å². The van der Waals surface area contributed by atoms with Gasteiger partial charge in [-0.15, -0.1) is 0 Å². The molecule has 0 saturated carbocycles. The van der Waals surface area contributed by atoms with Gasteiger partial charge in [-0.1, -0.05) is 19.9 Å². The normalized spacial score (nSPS) is 17.0. The van der Waals surface area contributed by atoms with E-state index in [0.29, 0.717) is 18.4 Å². The summed E-state index contributed by atoms with van der Waals surface area (Å²) in [5.74, 6) is 0. The molecule has 0 fully saturated rings. The Balaban J connectivity index is 2.53. The minimum atomic E-state index is -3.70. The van der Waals surface area contributed by atoms with E-state index in [4.69, 9.17) is 18.8 Å². The van der Waals surface area contributed by atoms with Gasteiger partial charge in [0.15, 0.2) is 5.44 Å². The second-order valence-corrected chi connectivity index (χ2v) is 13.7. The molecule has 33 heavy (non-hydrogen) atoms. The molecular weight excluding hydrogens is 439 g/mol. The van der Waals surface area contributed by atoms with Crippen LogP contribution in [0.15, 0.2) is 12.1 Å². The van der Waals surface area contributed by atoms with Gasteiger partial charge in [-0.2, -0.15) is 0 Å². The molecule has 1 aliphatic rings. The molecule has 8 heteroatoms. The smallest absolute Gasteiger partial charge is 0.411 e. The minimum absolute atomic E-state index is 0.304. The van der Waals surface area contributed by atoms with Crippen LogP contribution in [0.2, 0.25) is 0 Å². The zero-order chi connectivity index (χ0) is 25.5. The molecule has 0 aromatic carbocycles. The number of pyridine rings is 1. The van der Waals surface area contributed by atoms with Crippen LogP contribution >= 0.6 is 7.60 Å². The Morgan fingerprint density at radius 3 is 1.91 bits per heavy atom. The average molecular weight is 483 g/mol. The van der Waals surface area contributed by atoms with Crippen molar-refractivity contribution in [3.63, 3.8) is 0 Å². The van der Waals surface area contributed by atoms with Crippen LogP contribution in [0.5, 0.6) is 0 Å². The molecule has 0 saturated heterocycles. The lowest BCUT2D eigenvalue weighted by molar-refractivity contribution is -0.0138. The first-order chi connectivity index (χ1) is 14.8. The van der Waals surface area contributed by atoms with Crippen LogP contribution in [0.4, 0.5) is 4.79 Å². The maximum absolute atomic E-state index is 14.0. The molecule has 0 atom stereocenters. The van der Waals surface area contributed by atoms with Crippen molar-refractivity contribution in [3.05, 3.63) is 23.4 Å². The quantitative estimate of drug-likeness (QED) is 0.453. The van der Waals surface area contributed by atoms with Gasteiger partial charge in [-0.3, -0.25) is 18.5 Å². The molecule has 0 spiro atoms. The van der Waals surface area contributed by atoms with Crippen LogP contribution in [-0.2, 0) is 31.3 Å². The van der Waals surface area contributed by atoms with Crippen molar-refractivity contribution < 1.29 is 23.1 Å². The Hall–Kier alpha value is -1.43. The van der Waals surface area contributed by atoms with Crippen molar-refractivity contribution in [2.45, 2.75) is 124 Å². The summed E-state index contributed by atoms with van der Waals surface area (Å²) in [6.45, 7) is 21.3. The number of amides is 1. The van der Waals surface area contributed by atoms with E-state index in [1.54, 1.807) is 6.07 Å². The molecular formula is C25H43N2O5P. The Morgan fingerprint density at radius 2 is 1.48 bits per heavy atom. The standard InChI is InChI=1S/C25H43N2O5P/c1-12-25(13-2)16-19-18(17-27(25)21(28)30-22(3,4)5)14-15-20(26-19)33(29,31-23(6,7)8)32-24(9,10)11/h14-15H,12-13,16-17H2,1-11H3. The third-order valence-corrected chi connectivity index (χ3v) is 7.84. The summed E-state index contributed by atoms with van der Waals surface area (Å²) < 4.78 is 31.7. The van der Waals surface area contributed by atoms with Crippen molar-refractivity contribution in [2.75, 3.05) is 0 Å². The highest BCUT2D eigenvalue weighted by Crippen LogP contribution is 2.53. The summed E-state index contributed by atoms with van der Waals surface area (Å²) in [4.78, 5) is 19.7. The highest BCUT2D eigenvalue weighted by Gasteiger charge is 2.45. The molecule has 1 aromatic heterocycles. The molecule has 2 rings (SSSR count). The predicted octanol–water partition coefficient (Wildman–Crippen LogP) is 6.38. The van der Waals surface area contributed by atoms with Crippen LogP contribution in [0.25, 0.3) is 0 Å². The van der Waals surface area contributed by atoms with Crippen LogP contribution in [0.3, 0.4) is 0 Å². The Kier molecular flexibility index (Phi) is 7.85. The van der Waals surface area contributed by atoms with Crippen molar-refractivity contribution in [3.8, 4) is 0 Å². The van der Waals surface area contributed by atoms with E-state index in [0.717, 1.165) is 24.1 Å². The maximum Gasteiger partial charge on any atom is 0.411 e. The number of rotatable bonds is 5. The van der Waals surface area contributed by atoms with Crippen LogP contribution in [0, 0.1) is 0 Å². The van der Waals surface area contributed by atoms with E-state index >= 15 is 0 Å². The molecule has 0 unspecified atom stereocenters. The summed E-state index contributed by atoms with van der Waals surface area (Å²) >= 11 is 0. The fourth-order valence-corrected chi connectivity index (χ4v) is 6.17. The lowest BCUT2D eigenvalue weighted by atomic mass is 9.81. The summed E-state index contributed by atoms with van der Waals surface area (Å²) in [6, 6.07) is 3.59. The lowest BCUT2D eigenvalue weighted by Crippen LogP contribution is -2.56. The van der Waals surface area contributed by atoms with E-state index in [9.17, 15) is 9.36 Å². The summed E-state index contributed by atoms with van der Waals surface area (Å²) in [6.07, 6.45) is 1.73. The number of hydrogen-bond donors (Lipinski definition) is 0. The van der Waals surface area contributed by atoms with Gasteiger partial charge in [0.05, 0.1) is 23.3 Å². The number of hydrogen-bond acceptors (Lipinski definition) is 6. The van der Waals surface area contributed by atoms with E-state index in [1.807, 2.05) is 73.3 Å². The Labute approximate surface area is 200 Å².